The Kier molecular flexibility index (Phi) is 6.61. The van der Waals surface area contributed by atoms with Crippen LogP contribution in [0.5, 0.6) is 0 Å². The highest BCUT2D eigenvalue weighted by Crippen LogP contribution is 2.12. The van der Waals surface area contributed by atoms with Crippen molar-refractivity contribution in [2.24, 2.45) is 5.92 Å². The fraction of sp³-hybridized carbons (Fsp3) is 0.556. The van der Waals surface area contributed by atoms with Gasteiger partial charge in [-0.3, -0.25) is 4.79 Å². The molecule has 6 nitrogen and oxygen atoms in total. The van der Waals surface area contributed by atoms with Crippen LogP contribution in [0.1, 0.15) is 32.8 Å². The molecular weight excluding hydrogens is 306 g/mol. The first-order valence-electron chi connectivity index (χ1n) is 8.49. The molecule has 0 aliphatic carbocycles. The third-order valence-electron chi connectivity index (χ3n) is 4.14. The van der Waals surface area contributed by atoms with Crippen LogP contribution in [0.2, 0.25) is 0 Å². The average Bonchev–Trinajstić information content (AvgIpc) is 2.78. The molecule has 3 amide bonds. The lowest BCUT2D eigenvalue weighted by Crippen LogP contribution is -2.45. The van der Waals surface area contributed by atoms with E-state index in [0.717, 1.165) is 17.7 Å². The number of hydrogen-bond acceptors (Lipinski definition) is 3. The number of carbonyl (C=O) groups excluding carboxylic acids is 2. The summed E-state index contributed by atoms with van der Waals surface area (Å²) >= 11 is 0. The van der Waals surface area contributed by atoms with E-state index >= 15 is 0 Å². The van der Waals surface area contributed by atoms with Crippen molar-refractivity contribution >= 4 is 17.6 Å². The fourth-order valence-corrected chi connectivity index (χ4v) is 2.47. The number of nitrogens with one attached hydrogen (secondary N) is 2. The van der Waals surface area contributed by atoms with Crippen molar-refractivity contribution in [2.75, 3.05) is 25.1 Å². The number of amides is 3. The van der Waals surface area contributed by atoms with Gasteiger partial charge in [-0.05, 0) is 31.0 Å². The van der Waals surface area contributed by atoms with Crippen LogP contribution in [-0.4, -0.2) is 42.6 Å². The van der Waals surface area contributed by atoms with Crippen molar-refractivity contribution in [3.8, 4) is 0 Å². The first-order valence-corrected chi connectivity index (χ1v) is 8.49. The van der Waals surface area contributed by atoms with E-state index in [4.69, 9.17) is 4.74 Å². The molecule has 2 rings (SSSR count). The number of carbonyl (C=O) groups is 2. The second-order valence-corrected chi connectivity index (χ2v) is 6.44. The summed E-state index contributed by atoms with van der Waals surface area (Å²) in [5, 5.41) is 5.80. The molecule has 1 saturated heterocycles. The molecule has 0 spiro atoms. The van der Waals surface area contributed by atoms with Gasteiger partial charge >= 0.3 is 6.03 Å². The van der Waals surface area contributed by atoms with Crippen LogP contribution in [0.15, 0.2) is 24.3 Å². The Morgan fingerprint density at radius 1 is 1.25 bits per heavy atom. The van der Waals surface area contributed by atoms with Gasteiger partial charge in [0.15, 0.2) is 0 Å². The van der Waals surface area contributed by atoms with Gasteiger partial charge < -0.3 is 20.3 Å². The van der Waals surface area contributed by atoms with Gasteiger partial charge in [0.25, 0.3) is 0 Å². The molecule has 1 fully saturated rings. The molecule has 1 aliphatic rings. The minimum absolute atomic E-state index is 0.00609. The van der Waals surface area contributed by atoms with Crippen LogP contribution < -0.4 is 10.6 Å². The van der Waals surface area contributed by atoms with Gasteiger partial charge in [0.1, 0.15) is 0 Å². The van der Waals surface area contributed by atoms with Crippen molar-refractivity contribution in [2.45, 2.75) is 39.8 Å². The summed E-state index contributed by atoms with van der Waals surface area (Å²) in [6.45, 7) is 8.12. The summed E-state index contributed by atoms with van der Waals surface area (Å²) in [5.74, 6) is -0.0584. The molecule has 1 heterocycles. The van der Waals surface area contributed by atoms with Crippen molar-refractivity contribution in [1.29, 1.82) is 0 Å². The highest BCUT2D eigenvalue weighted by Gasteiger charge is 2.21. The second kappa shape index (κ2) is 8.68. The lowest BCUT2D eigenvalue weighted by Gasteiger charge is -2.26. The van der Waals surface area contributed by atoms with E-state index in [1.165, 1.54) is 0 Å². The lowest BCUT2D eigenvalue weighted by molar-refractivity contribution is -0.118. The van der Waals surface area contributed by atoms with Crippen LogP contribution in [0.3, 0.4) is 0 Å². The highest BCUT2D eigenvalue weighted by molar-refractivity contribution is 5.92. The quantitative estimate of drug-likeness (QED) is 0.890. The molecule has 6 heteroatoms. The Bertz CT molecular complexity index is 557. The fourth-order valence-electron chi connectivity index (χ4n) is 2.47. The number of ether oxygens (including phenoxy) is 1. The maximum atomic E-state index is 12.3. The molecule has 1 atom stereocenters. The standard InChI is InChI=1S/C18H27N3O3/c1-13(2)17(22)20-16-6-4-15(5-7-16)12-19-18(23)21-9-11-24-10-8-14(21)3/h4-7,13-14H,8-12H2,1-3H3,(H,19,23)(H,20,22)/t14-/m1/s1. The van der Waals surface area contributed by atoms with Gasteiger partial charge in [0.2, 0.25) is 5.91 Å². The van der Waals surface area contributed by atoms with Gasteiger partial charge in [0, 0.05) is 37.3 Å². The number of nitrogens with zero attached hydrogens (tertiary/aromatic N) is 1. The Morgan fingerprint density at radius 3 is 2.62 bits per heavy atom. The van der Waals surface area contributed by atoms with E-state index in [9.17, 15) is 9.59 Å². The number of rotatable bonds is 4. The van der Waals surface area contributed by atoms with Gasteiger partial charge in [-0.1, -0.05) is 26.0 Å². The van der Waals surface area contributed by atoms with Crippen molar-refractivity contribution in [3.05, 3.63) is 29.8 Å². The minimum atomic E-state index is -0.0646. The second-order valence-electron chi connectivity index (χ2n) is 6.44. The van der Waals surface area contributed by atoms with Crippen LogP contribution in [0.4, 0.5) is 10.5 Å². The molecular formula is C18H27N3O3. The van der Waals surface area contributed by atoms with E-state index in [-0.39, 0.29) is 23.9 Å². The van der Waals surface area contributed by atoms with Crippen molar-refractivity contribution < 1.29 is 14.3 Å². The van der Waals surface area contributed by atoms with Crippen LogP contribution in [0, 0.1) is 5.92 Å². The summed E-state index contributed by atoms with van der Waals surface area (Å²) in [7, 11) is 0. The van der Waals surface area contributed by atoms with E-state index in [1.807, 2.05) is 49.9 Å². The number of hydrogen-bond donors (Lipinski definition) is 2. The molecule has 1 aromatic rings. The normalized spacial score (nSPS) is 18.2. The van der Waals surface area contributed by atoms with Crippen LogP contribution >= 0.6 is 0 Å². The zero-order valence-electron chi connectivity index (χ0n) is 14.7. The van der Waals surface area contributed by atoms with E-state index in [1.54, 1.807) is 0 Å². The Balaban J connectivity index is 1.85. The van der Waals surface area contributed by atoms with Gasteiger partial charge in [-0.25, -0.2) is 4.79 Å². The maximum absolute atomic E-state index is 12.3. The smallest absolute Gasteiger partial charge is 0.317 e. The Labute approximate surface area is 143 Å². The van der Waals surface area contributed by atoms with E-state index < -0.39 is 0 Å². The molecule has 0 aromatic heterocycles. The highest BCUT2D eigenvalue weighted by atomic mass is 16.5. The average molecular weight is 333 g/mol. The zero-order chi connectivity index (χ0) is 17.5. The molecule has 0 unspecified atom stereocenters. The van der Waals surface area contributed by atoms with Gasteiger partial charge in [-0.15, -0.1) is 0 Å². The predicted molar refractivity (Wildman–Crippen MR) is 93.7 cm³/mol. The summed E-state index contributed by atoms with van der Waals surface area (Å²) in [4.78, 5) is 25.8. The number of anilines is 1. The van der Waals surface area contributed by atoms with E-state index in [0.29, 0.717) is 26.3 Å². The molecule has 24 heavy (non-hydrogen) atoms. The monoisotopic (exact) mass is 333 g/mol. The maximum Gasteiger partial charge on any atom is 0.317 e. The molecule has 2 N–H and O–H groups in total. The summed E-state index contributed by atoms with van der Waals surface area (Å²) in [5.41, 5.74) is 1.76. The third kappa shape index (κ3) is 5.23. The summed E-state index contributed by atoms with van der Waals surface area (Å²) in [6, 6.07) is 7.64. The zero-order valence-corrected chi connectivity index (χ0v) is 14.7. The van der Waals surface area contributed by atoms with Gasteiger partial charge in [-0.2, -0.15) is 0 Å². The first-order chi connectivity index (χ1) is 11.5. The molecule has 1 aliphatic heterocycles. The summed E-state index contributed by atoms with van der Waals surface area (Å²) in [6.07, 6.45) is 0.859. The van der Waals surface area contributed by atoms with Crippen LogP contribution in [0.25, 0.3) is 0 Å². The molecule has 0 saturated carbocycles. The SMILES string of the molecule is CC(C)C(=O)Nc1ccc(CNC(=O)N2CCOCC[C@H]2C)cc1. The third-order valence-corrected chi connectivity index (χ3v) is 4.14. The van der Waals surface area contributed by atoms with Crippen LogP contribution in [-0.2, 0) is 16.1 Å². The van der Waals surface area contributed by atoms with E-state index in [2.05, 4.69) is 10.6 Å². The van der Waals surface area contributed by atoms with Crippen molar-refractivity contribution in [3.63, 3.8) is 0 Å². The number of urea groups is 1. The molecule has 132 valence electrons. The first kappa shape index (κ1) is 18.3. The minimum Gasteiger partial charge on any atom is -0.380 e. The molecule has 0 bridgehead atoms. The summed E-state index contributed by atoms with van der Waals surface area (Å²) < 4.78 is 5.41. The lowest BCUT2D eigenvalue weighted by atomic mass is 10.1. The Hall–Kier alpha value is -2.08. The topological polar surface area (TPSA) is 70.7 Å². The van der Waals surface area contributed by atoms with Crippen molar-refractivity contribution in [1.82, 2.24) is 10.2 Å². The Morgan fingerprint density at radius 2 is 1.96 bits per heavy atom. The van der Waals surface area contributed by atoms with Gasteiger partial charge in [0.05, 0.1) is 6.61 Å². The largest absolute Gasteiger partial charge is 0.380 e. The molecule has 0 radical (unpaired) electrons. The molecule has 1 aromatic carbocycles. The predicted octanol–water partition coefficient (Wildman–Crippen LogP) is 2.60. The number of benzene rings is 1.